The van der Waals surface area contributed by atoms with Crippen molar-refractivity contribution in [3.8, 4) is 0 Å². The molecule has 4 aliphatic heterocycles. The summed E-state index contributed by atoms with van der Waals surface area (Å²) < 4.78 is 0. The topological polar surface area (TPSA) is 15.3 Å². The summed E-state index contributed by atoms with van der Waals surface area (Å²) in [5.74, 6) is 2.68. The van der Waals surface area contributed by atoms with Crippen LogP contribution in [0.3, 0.4) is 0 Å². The van der Waals surface area contributed by atoms with Gasteiger partial charge < -0.3 is 5.32 Å². The fourth-order valence-corrected chi connectivity index (χ4v) is 7.42. The second-order valence-electron chi connectivity index (χ2n) is 10.4. The quantitative estimate of drug-likeness (QED) is 0.507. The highest BCUT2D eigenvalue weighted by molar-refractivity contribution is 5.36. The maximum atomic E-state index is 3.96. The van der Waals surface area contributed by atoms with Gasteiger partial charge in [-0.15, -0.1) is 0 Å². The Bertz CT molecular complexity index is 971. The predicted molar refractivity (Wildman–Crippen MR) is 136 cm³/mol. The van der Waals surface area contributed by atoms with Crippen molar-refractivity contribution in [1.82, 2.24) is 10.2 Å². The Kier molecular flexibility index (Phi) is 6.05. The molecule has 4 atom stereocenters. The average Bonchev–Trinajstić information content (AvgIpc) is 2.91. The van der Waals surface area contributed by atoms with Crippen molar-refractivity contribution in [2.75, 3.05) is 19.6 Å². The van der Waals surface area contributed by atoms with Crippen LogP contribution in [0.1, 0.15) is 54.3 Å². The highest BCUT2D eigenvalue weighted by atomic mass is 15.2. The van der Waals surface area contributed by atoms with Crippen molar-refractivity contribution < 1.29 is 0 Å². The molecule has 4 fully saturated rings. The van der Waals surface area contributed by atoms with Crippen LogP contribution in [0.25, 0.3) is 0 Å². The Hall–Kier alpha value is -2.42. The molecule has 4 saturated heterocycles. The molecule has 3 aromatic carbocycles. The zero-order valence-electron chi connectivity index (χ0n) is 19.5. The molecule has 2 heteroatoms. The van der Waals surface area contributed by atoms with E-state index in [0.29, 0.717) is 23.9 Å². The van der Waals surface area contributed by atoms with Gasteiger partial charge in [-0.3, -0.25) is 4.90 Å². The summed E-state index contributed by atoms with van der Waals surface area (Å²) in [4.78, 5) is 2.87. The largest absolute Gasteiger partial charge is 0.310 e. The zero-order valence-corrected chi connectivity index (χ0v) is 19.5. The molecule has 4 aliphatic rings. The molecule has 2 nitrogen and oxygen atoms in total. The van der Waals surface area contributed by atoms with Gasteiger partial charge in [-0.2, -0.15) is 0 Å². The third kappa shape index (κ3) is 4.05. The molecule has 0 aliphatic carbocycles. The SMILES string of the molecule is c1ccc(C2NCCCC2C2C3CCN(CC3)[C@@H]2C(c2ccccc2)c2ccccc2)cc1. The first-order valence-corrected chi connectivity index (χ1v) is 13.0. The van der Waals surface area contributed by atoms with Crippen LogP contribution < -0.4 is 5.32 Å². The molecule has 3 unspecified atom stereocenters. The van der Waals surface area contributed by atoms with Gasteiger partial charge in [-0.05, 0) is 79.8 Å². The van der Waals surface area contributed by atoms with Gasteiger partial charge in [-0.25, -0.2) is 0 Å². The third-order valence-electron chi connectivity index (χ3n) is 8.75. The summed E-state index contributed by atoms with van der Waals surface area (Å²) in [6.45, 7) is 3.67. The smallest absolute Gasteiger partial charge is 0.0352 e. The molecule has 0 aromatic heterocycles. The Morgan fingerprint density at radius 2 is 1.27 bits per heavy atom. The van der Waals surface area contributed by atoms with Gasteiger partial charge in [-0.1, -0.05) is 91.0 Å². The van der Waals surface area contributed by atoms with Crippen molar-refractivity contribution in [3.05, 3.63) is 108 Å². The van der Waals surface area contributed by atoms with Gasteiger partial charge in [0.15, 0.2) is 0 Å². The molecule has 2 bridgehead atoms. The molecular weight excluding hydrogens is 400 g/mol. The van der Waals surface area contributed by atoms with Gasteiger partial charge in [0.2, 0.25) is 0 Å². The van der Waals surface area contributed by atoms with E-state index in [0.717, 1.165) is 18.4 Å². The molecular formula is C31H36N2. The van der Waals surface area contributed by atoms with Crippen LogP contribution in [0, 0.1) is 17.8 Å². The van der Waals surface area contributed by atoms with Crippen molar-refractivity contribution in [3.63, 3.8) is 0 Å². The summed E-state index contributed by atoms with van der Waals surface area (Å²) in [5.41, 5.74) is 4.44. The fraction of sp³-hybridized carbons (Fsp3) is 0.419. The predicted octanol–water partition coefficient (Wildman–Crippen LogP) is 6.27. The first-order chi connectivity index (χ1) is 16.4. The van der Waals surface area contributed by atoms with E-state index in [1.807, 2.05) is 0 Å². The second-order valence-corrected chi connectivity index (χ2v) is 10.4. The van der Waals surface area contributed by atoms with Crippen LogP contribution in [0.5, 0.6) is 0 Å². The Balaban J connectivity index is 1.44. The molecule has 4 heterocycles. The minimum atomic E-state index is 0.429. The summed E-state index contributed by atoms with van der Waals surface area (Å²) >= 11 is 0. The third-order valence-corrected chi connectivity index (χ3v) is 8.75. The minimum Gasteiger partial charge on any atom is -0.310 e. The summed E-state index contributed by atoms with van der Waals surface area (Å²) in [6.07, 6.45) is 5.38. The Morgan fingerprint density at radius 3 is 1.88 bits per heavy atom. The van der Waals surface area contributed by atoms with Crippen LogP contribution >= 0.6 is 0 Å². The number of nitrogens with zero attached hydrogens (tertiary/aromatic N) is 1. The van der Waals surface area contributed by atoms with Crippen LogP contribution in [0.15, 0.2) is 91.0 Å². The molecule has 0 amide bonds. The number of piperidine rings is 4. The minimum absolute atomic E-state index is 0.429. The van der Waals surface area contributed by atoms with Crippen molar-refractivity contribution in [2.45, 2.75) is 43.7 Å². The number of fused-ring (bicyclic) bond motifs is 3. The Labute approximate surface area is 199 Å². The molecule has 33 heavy (non-hydrogen) atoms. The lowest BCUT2D eigenvalue weighted by molar-refractivity contribution is -0.0585. The van der Waals surface area contributed by atoms with Gasteiger partial charge in [0.25, 0.3) is 0 Å². The number of rotatable bonds is 5. The summed E-state index contributed by atoms with van der Waals surface area (Å²) in [7, 11) is 0. The molecule has 3 aromatic rings. The van der Waals surface area contributed by atoms with Gasteiger partial charge in [0, 0.05) is 18.0 Å². The summed E-state index contributed by atoms with van der Waals surface area (Å²) in [6, 6.07) is 35.0. The molecule has 7 rings (SSSR count). The van der Waals surface area contributed by atoms with E-state index in [4.69, 9.17) is 0 Å². The molecule has 170 valence electrons. The van der Waals surface area contributed by atoms with Gasteiger partial charge in [0.05, 0.1) is 0 Å². The fourth-order valence-electron chi connectivity index (χ4n) is 7.42. The van der Waals surface area contributed by atoms with E-state index in [-0.39, 0.29) is 0 Å². The first kappa shape index (κ1) is 21.1. The monoisotopic (exact) mass is 436 g/mol. The first-order valence-electron chi connectivity index (χ1n) is 13.0. The van der Waals surface area contributed by atoms with E-state index < -0.39 is 0 Å². The standard InChI is InChI=1S/C31H36N2/c1-4-11-23(12-5-1)28(24-13-6-2-7-14-24)31-29(25-18-21-33(31)22-19-25)27-17-10-20-32-30(27)26-15-8-3-9-16-26/h1-9,11-16,25,27-32H,10,17-22H2/t27?,29?,30?,31-/m1/s1. The van der Waals surface area contributed by atoms with E-state index in [1.165, 1.54) is 55.5 Å². The normalized spacial score (nSPS) is 31.5. The van der Waals surface area contributed by atoms with E-state index >= 15 is 0 Å². The number of hydrogen-bond acceptors (Lipinski definition) is 2. The second kappa shape index (κ2) is 9.44. The van der Waals surface area contributed by atoms with Crippen molar-refractivity contribution in [1.29, 1.82) is 0 Å². The van der Waals surface area contributed by atoms with E-state index in [2.05, 4.69) is 101 Å². The molecule has 0 radical (unpaired) electrons. The van der Waals surface area contributed by atoms with Crippen molar-refractivity contribution >= 4 is 0 Å². The molecule has 1 N–H and O–H groups in total. The maximum absolute atomic E-state index is 3.96. The average molecular weight is 437 g/mol. The van der Waals surface area contributed by atoms with E-state index in [1.54, 1.807) is 0 Å². The highest BCUT2D eigenvalue weighted by Gasteiger charge is 2.51. The number of benzene rings is 3. The van der Waals surface area contributed by atoms with Crippen LogP contribution in [0.4, 0.5) is 0 Å². The van der Waals surface area contributed by atoms with Crippen LogP contribution in [-0.2, 0) is 0 Å². The summed E-state index contributed by atoms with van der Waals surface area (Å²) in [5, 5.41) is 3.96. The van der Waals surface area contributed by atoms with Crippen LogP contribution in [-0.4, -0.2) is 30.6 Å². The maximum Gasteiger partial charge on any atom is 0.0352 e. The number of nitrogens with one attached hydrogen (secondary N) is 1. The molecule has 0 saturated carbocycles. The highest BCUT2D eigenvalue weighted by Crippen LogP contribution is 2.52. The lowest BCUT2D eigenvalue weighted by Gasteiger charge is -2.58. The van der Waals surface area contributed by atoms with E-state index in [9.17, 15) is 0 Å². The Morgan fingerprint density at radius 1 is 0.697 bits per heavy atom. The van der Waals surface area contributed by atoms with Gasteiger partial charge in [0.1, 0.15) is 0 Å². The zero-order chi connectivity index (χ0) is 22.0. The molecule has 0 spiro atoms. The van der Waals surface area contributed by atoms with Crippen LogP contribution in [0.2, 0.25) is 0 Å². The lowest BCUT2D eigenvalue weighted by Crippen LogP contribution is -2.60. The van der Waals surface area contributed by atoms with Gasteiger partial charge >= 0.3 is 0 Å². The lowest BCUT2D eigenvalue weighted by atomic mass is 9.59. The van der Waals surface area contributed by atoms with Crippen molar-refractivity contribution in [2.24, 2.45) is 17.8 Å². The number of hydrogen-bond donors (Lipinski definition) is 1.